The Morgan fingerprint density at radius 2 is 1.83 bits per heavy atom. The van der Waals surface area contributed by atoms with Crippen LogP contribution < -0.4 is 16.6 Å². The van der Waals surface area contributed by atoms with Crippen molar-refractivity contribution in [2.75, 3.05) is 20.1 Å². The molecule has 11 nitrogen and oxygen atoms in total. The first-order valence-corrected chi connectivity index (χ1v) is 10.6. The Labute approximate surface area is 198 Å². The molecule has 1 amide bonds. The average Bonchev–Trinajstić information content (AvgIpc) is 3.34. The molecule has 4 rings (SSSR count). The molecule has 0 bridgehead atoms. The van der Waals surface area contributed by atoms with E-state index in [9.17, 15) is 18.8 Å². The third-order valence-corrected chi connectivity index (χ3v) is 5.15. The molecule has 0 aliphatic rings. The molecule has 180 valence electrons. The fraction of sp³-hybridized carbons (Fsp3) is 0.217. The Morgan fingerprint density at radius 1 is 1.11 bits per heavy atom. The smallest absolute Gasteiger partial charge is 0.347 e. The first-order valence-electron chi connectivity index (χ1n) is 10.6. The minimum absolute atomic E-state index is 0.231. The molecule has 0 fully saturated rings. The standard InChI is InChI=1S/C23H22FN7O4/c1-29(14-15-6-4-3-5-7-15)13-12-25-20(32)21-26-19(28-35-21)18-22(33)30(2)23(34)31(27-18)17-10-8-16(24)9-11-17/h3-11H,12-14H2,1-2H3,(H,25,32). The Morgan fingerprint density at radius 3 is 2.54 bits per heavy atom. The van der Waals surface area contributed by atoms with Crippen LogP contribution in [-0.4, -0.2) is 55.4 Å². The Kier molecular flexibility index (Phi) is 6.92. The summed E-state index contributed by atoms with van der Waals surface area (Å²) in [4.78, 5) is 43.6. The van der Waals surface area contributed by atoms with E-state index in [1.807, 2.05) is 42.3 Å². The molecule has 12 heteroatoms. The number of aromatic nitrogens is 5. The maximum atomic E-state index is 13.3. The lowest BCUT2D eigenvalue weighted by Gasteiger charge is -2.16. The minimum atomic E-state index is -0.774. The van der Waals surface area contributed by atoms with Gasteiger partial charge in [0.15, 0.2) is 5.69 Å². The predicted octanol–water partition coefficient (Wildman–Crippen LogP) is 0.982. The van der Waals surface area contributed by atoms with E-state index in [0.29, 0.717) is 13.1 Å². The lowest BCUT2D eigenvalue weighted by molar-refractivity contribution is 0.0905. The van der Waals surface area contributed by atoms with Crippen molar-refractivity contribution in [1.29, 1.82) is 0 Å². The van der Waals surface area contributed by atoms with E-state index in [-0.39, 0.29) is 23.1 Å². The Hall–Kier alpha value is -4.45. The summed E-state index contributed by atoms with van der Waals surface area (Å²) in [6, 6.07) is 14.9. The number of likely N-dealkylation sites (N-methyl/N-ethyl adjacent to an activating group) is 1. The van der Waals surface area contributed by atoms with Gasteiger partial charge in [0, 0.05) is 26.7 Å². The second-order valence-corrected chi connectivity index (χ2v) is 7.79. The molecule has 0 unspecified atom stereocenters. The van der Waals surface area contributed by atoms with Gasteiger partial charge in [0.05, 0.1) is 5.69 Å². The fourth-order valence-corrected chi connectivity index (χ4v) is 3.29. The summed E-state index contributed by atoms with van der Waals surface area (Å²) in [6.07, 6.45) is 0. The van der Waals surface area contributed by atoms with Crippen molar-refractivity contribution in [2.45, 2.75) is 6.54 Å². The molecular weight excluding hydrogens is 457 g/mol. The molecule has 2 aromatic heterocycles. The first kappa shape index (κ1) is 23.7. The van der Waals surface area contributed by atoms with Crippen LogP contribution in [0.15, 0.2) is 68.7 Å². The number of halogens is 1. The summed E-state index contributed by atoms with van der Waals surface area (Å²) in [6.45, 7) is 1.63. The van der Waals surface area contributed by atoms with E-state index < -0.39 is 23.0 Å². The van der Waals surface area contributed by atoms with Crippen LogP contribution in [0.2, 0.25) is 0 Å². The minimum Gasteiger partial charge on any atom is -0.347 e. The van der Waals surface area contributed by atoms with Crippen molar-refractivity contribution in [1.82, 2.24) is 34.7 Å². The zero-order valence-corrected chi connectivity index (χ0v) is 19.0. The number of hydrogen-bond acceptors (Lipinski definition) is 8. The van der Waals surface area contributed by atoms with Crippen molar-refractivity contribution < 1.29 is 13.7 Å². The van der Waals surface area contributed by atoms with E-state index in [1.54, 1.807) is 0 Å². The lowest BCUT2D eigenvalue weighted by atomic mass is 10.2. The van der Waals surface area contributed by atoms with Gasteiger partial charge in [0.1, 0.15) is 5.82 Å². The third kappa shape index (κ3) is 5.38. The van der Waals surface area contributed by atoms with Crippen LogP contribution in [0.3, 0.4) is 0 Å². The van der Waals surface area contributed by atoms with Gasteiger partial charge < -0.3 is 14.7 Å². The fourth-order valence-electron chi connectivity index (χ4n) is 3.29. The number of rotatable bonds is 8. The first-order chi connectivity index (χ1) is 16.8. The highest BCUT2D eigenvalue weighted by atomic mass is 19.1. The van der Waals surface area contributed by atoms with Crippen LogP contribution in [0.4, 0.5) is 4.39 Å². The van der Waals surface area contributed by atoms with E-state index >= 15 is 0 Å². The van der Waals surface area contributed by atoms with Gasteiger partial charge in [0.25, 0.3) is 5.56 Å². The number of nitrogens with zero attached hydrogens (tertiary/aromatic N) is 6. The maximum absolute atomic E-state index is 13.3. The summed E-state index contributed by atoms with van der Waals surface area (Å²) >= 11 is 0. The van der Waals surface area contributed by atoms with Gasteiger partial charge >= 0.3 is 17.5 Å². The molecule has 0 radical (unpaired) electrons. The molecule has 0 spiro atoms. The second-order valence-electron chi connectivity index (χ2n) is 7.79. The van der Waals surface area contributed by atoms with Crippen LogP contribution in [0.25, 0.3) is 17.2 Å². The van der Waals surface area contributed by atoms with Crippen molar-refractivity contribution in [3.63, 3.8) is 0 Å². The van der Waals surface area contributed by atoms with Gasteiger partial charge in [-0.25, -0.2) is 9.18 Å². The Bertz CT molecular complexity index is 1450. The van der Waals surface area contributed by atoms with Gasteiger partial charge in [-0.3, -0.25) is 14.2 Å². The van der Waals surface area contributed by atoms with E-state index in [1.165, 1.54) is 19.2 Å². The number of carbonyl (C=O) groups is 1. The largest absolute Gasteiger partial charge is 0.351 e. The number of amides is 1. The van der Waals surface area contributed by atoms with E-state index in [0.717, 1.165) is 33.5 Å². The van der Waals surface area contributed by atoms with Crippen LogP contribution in [0, 0.1) is 5.82 Å². The molecule has 0 saturated carbocycles. The van der Waals surface area contributed by atoms with Crippen LogP contribution in [0.1, 0.15) is 16.2 Å². The molecule has 0 saturated heterocycles. The highest BCUT2D eigenvalue weighted by molar-refractivity contribution is 5.89. The normalized spacial score (nSPS) is 11.1. The second kappa shape index (κ2) is 10.2. The van der Waals surface area contributed by atoms with Gasteiger partial charge in [-0.15, -0.1) is 0 Å². The average molecular weight is 479 g/mol. The SMILES string of the molecule is CN(CCNC(=O)c1nc(-c2nn(-c3ccc(F)cc3)c(=O)n(C)c2=O)no1)Cc1ccccc1. The van der Waals surface area contributed by atoms with Crippen LogP contribution in [0.5, 0.6) is 0 Å². The molecule has 0 aliphatic carbocycles. The number of benzene rings is 2. The van der Waals surface area contributed by atoms with E-state index in [2.05, 4.69) is 20.6 Å². The summed E-state index contributed by atoms with van der Waals surface area (Å²) in [5.74, 6) is -1.71. The van der Waals surface area contributed by atoms with Crippen LogP contribution in [-0.2, 0) is 13.6 Å². The molecule has 2 heterocycles. The van der Waals surface area contributed by atoms with E-state index in [4.69, 9.17) is 4.52 Å². The summed E-state index contributed by atoms with van der Waals surface area (Å²) in [5, 5.41) is 10.4. The number of hydrogen-bond donors (Lipinski definition) is 1. The van der Waals surface area contributed by atoms with Crippen molar-refractivity contribution in [3.8, 4) is 17.2 Å². The zero-order chi connectivity index (χ0) is 24.9. The molecule has 1 N–H and O–H groups in total. The summed E-state index contributed by atoms with van der Waals surface area (Å²) in [7, 11) is 3.19. The van der Waals surface area contributed by atoms with Crippen LogP contribution >= 0.6 is 0 Å². The lowest BCUT2D eigenvalue weighted by Crippen LogP contribution is -2.40. The summed E-state index contributed by atoms with van der Waals surface area (Å²) < 4.78 is 20.0. The third-order valence-electron chi connectivity index (χ3n) is 5.15. The summed E-state index contributed by atoms with van der Waals surface area (Å²) in [5.41, 5.74) is -0.440. The maximum Gasteiger partial charge on any atom is 0.351 e. The van der Waals surface area contributed by atoms with Crippen molar-refractivity contribution in [3.05, 3.63) is 92.7 Å². The number of carbonyl (C=O) groups excluding carboxylic acids is 1. The molecule has 0 aliphatic heterocycles. The molecule has 35 heavy (non-hydrogen) atoms. The van der Waals surface area contributed by atoms with Crippen molar-refractivity contribution in [2.24, 2.45) is 7.05 Å². The monoisotopic (exact) mass is 479 g/mol. The topological polar surface area (TPSA) is 128 Å². The quantitative estimate of drug-likeness (QED) is 0.396. The zero-order valence-electron chi connectivity index (χ0n) is 19.0. The molecule has 0 atom stereocenters. The Balaban J connectivity index is 1.47. The predicted molar refractivity (Wildman–Crippen MR) is 123 cm³/mol. The van der Waals surface area contributed by atoms with Gasteiger partial charge in [-0.2, -0.15) is 14.8 Å². The van der Waals surface area contributed by atoms with Gasteiger partial charge in [-0.05, 0) is 36.9 Å². The highest BCUT2D eigenvalue weighted by Gasteiger charge is 2.22. The highest BCUT2D eigenvalue weighted by Crippen LogP contribution is 2.10. The van der Waals surface area contributed by atoms with Gasteiger partial charge in [-0.1, -0.05) is 35.5 Å². The van der Waals surface area contributed by atoms with Crippen molar-refractivity contribution >= 4 is 5.91 Å². The van der Waals surface area contributed by atoms with Gasteiger partial charge in [0.2, 0.25) is 5.82 Å². The molecular formula is C23H22FN7O4. The molecule has 2 aromatic carbocycles. The molecule has 4 aromatic rings. The number of nitrogens with one attached hydrogen (secondary N) is 1.